The molecule has 10 heteroatoms. The van der Waals surface area contributed by atoms with Crippen LogP contribution in [0.15, 0.2) is 42.1 Å². The summed E-state index contributed by atoms with van der Waals surface area (Å²) >= 11 is 0. The lowest BCUT2D eigenvalue weighted by Crippen LogP contribution is -2.39. The number of benzene rings is 1. The van der Waals surface area contributed by atoms with E-state index in [9.17, 15) is 14.7 Å². The van der Waals surface area contributed by atoms with Crippen LogP contribution in [0.5, 0.6) is 11.5 Å². The maximum Gasteiger partial charge on any atom is 0.295 e. The molecule has 1 N–H and O–H groups in total. The third-order valence-corrected chi connectivity index (χ3v) is 7.55. The van der Waals surface area contributed by atoms with Crippen molar-refractivity contribution in [1.82, 2.24) is 19.2 Å². The van der Waals surface area contributed by atoms with Crippen molar-refractivity contribution in [3.05, 3.63) is 64.6 Å². The minimum atomic E-state index is -0.806. The van der Waals surface area contributed by atoms with Crippen LogP contribution in [0.3, 0.4) is 0 Å². The van der Waals surface area contributed by atoms with Crippen LogP contribution in [0.4, 0.5) is 0 Å². The molecule has 1 aromatic carbocycles. The number of fused-ring (bicyclic) bond motifs is 1. The van der Waals surface area contributed by atoms with Crippen molar-refractivity contribution < 1.29 is 28.9 Å². The molecule has 2 saturated heterocycles. The molecule has 0 radical (unpaired) electrons. The Bertz CT molecular complexity index is 1440. The van der Waals surface area contributed by atoms with Gasteiger partial charge in [0.2, 0.25) is 0 Å². The van der Waals surface area contributed by atoms with Crippen molar-refractivity contribution in [3.63, 3.8) is 0 Å². The number of pyridine rings is 1. The lowest BCUT2D eigenvalue weighted by Gasteiger charge is -2.29. The third kappa shape index (κ3) is 4.86. The molecular weight excluding hydrogens is 500 g/mol. The van der Waals surface area contributed by atoms with Crippen LogP contribution >= 0.6 is 0 Å². The minimum Gasteiger partial charge on any atom is -0.505 e. The third-order valence-electron chi connectivity index (χ3n) is 7.55. The Hall–Kier alpha value is -3.89. The molecule has 0 saturated carbocycles. The molecule has 1 atom stereocenters. The fourth-order valence-electron chi connectivity index (χ4n) is 5.44. The summed E-state index contributed by atoms with van der Waals surface area (Å²) in [5.74, 6) is -0.669. The Labute approximate surface area is 227 Å². The van der Waals surface area contributed by atoms with Crippen LogP contribution < -0.4 is 9.47 Å². The molecule has 0 aliphatic carbocycles. The molecule has 10 nitrogen and oxygen atoms in total. The van der Waals surface area contributed by atoms with Crippen molar-refractivity contribution in [2.24, 2.45) is 0 Å². The summed E-state index contributed by atoms with van der Waals surface area (Å²) in [7, 11) is 3.08. The van der Waals surface area contributed by atoms with Gasteiger partial charge >= 0.3 is 0 Å². The van der Waals surface area contributed by atoms with E-state index in [0.717, 1.165) is 25.2 Å². The highest BCUT2D eigenvalue weighted by atomic mass is 16.5. The number of likely N-dealkylation sites (tertiary alicyclic amines) is 1. The largest absolute Gasteiger partial charge is 0.505 e. The Kier molecular flexibility index (Phi) is 7.58. The first-order valence-electron chi connectivity index (χ1n) is 13.1. The Morgan fingerprint density at radius 2 is 1.82 bits per heavy atom. The van der Waals surface area contributed by atoms with Gasteiger partial charge in [-0.25, -0.2) is 4.98 Å². The second kappa shape index (κ2) is 11.1. The average molecular weight is 535 g/mol. The van der Waals surface area contributed by atoms with E-state index in [1.165, 1.54) is 7.11 Å². The van der Waals surface area contributed by atoms with Gasteiger partial charge in [0.05, 0.1) is 44.7 Å². The zero-order chi connectivity index (χ0) is 27.7. The van der Waals surface area contributed by atoms with E-state index in [-0.39, 0.29) is 17.0 Å². The summed E-state index contributed by atoms with van der Waals surface area (Å²) in [6, 6.07) is 8.31. The van der Waals surface area contributed by atoms with Gasteiger partial charge in [-0.15, -0.1) is 0 Å². The highest BCUT2D eigenvalue weighted by Gasteiger charge is 2.46. The van der Waals surface area contributed by atoms with Gasteiger partial charge in [0.15, 0.2) is 17.3 Å². The maximum absolute atomic E-state index is 13.5. The number of imidazole rings is 1. The first kappa shape index (κ1) is 26.7. The zero-order valence-corrected chi connectivity index (χ0v) is 22.8. The predicted octanol–water partition coefficient (Wildman–Crippen LogP) is 3.11. The molecule has 1 amide bonds. The van der Waals surface area contributed by atoms with Crippen LogP contribution in [0.2, 0.25) is 0 Å². The summed E-state index contributed by atoms with van der Waals surface area (Å²) in [6.07, 6.45) is 2.53. The van der Waals surface area contributed by atoms with E-state index >= 15 is 0 Å². The van der Waals surface area contributed by atoms with E-state index < -0.39 is 17.7 Å². The van der Waals surface area contributed by atoms with Gasteiger partial charge in [-0.05, 0) is 49.6 Å². The number of aromatic nitrogens is 2. The molecule has 206 valence electrons. The lowest BCUT2D eigenvalue weighted by molar-refractivity contribution is -0.140. The van der Waals surface area contributed by atoms with Crippen LogP contribution in [0, 0.1) is 13.8 Å². The molecule has 0 bridgehead atoms. The number of morpholine rings is 1. The van der Waals surface area contributed by atoms with Crippen molar-refractivity contribution in [1.29, 1.82) is 0 Å². The van der Waals surface area contributed by atoms with Gasteiger partial charge in [0.25, 0.3) is 11.7 Å². The molecule has 5 rings (SSSR count). The number of aliphatic hydroxyl groups excluding tert-OH is 1. The Balaban J connectivity index is 1.58. The molecule has 39 heavy (non-hydrogen) atoms. The number of aryl methyl sites for hydroxylation is 2. The molecule has 0 spiro atoms. The zero-order valence-electron chi connectivity index (χ0n) is 22.8. The number of aliphatic hydroxyl groups is 1. The van der Waals surface area contributed by atoms with Crippen molar-refractivity contribution >= 4 is 23.1 Å². The number of amides is 1. The van der Waals surface area contributed by atoms with E-state index in [2.05, 4.69) is 9.88 Å². The minimum absolute atomic E-state index is 0.0164. The summed E-state index contributed by atoms with van der Waals surface area (Å²) in [5, 5.41) is 11.6. The standard InChI is InChI=1S/C29H34N4O6/c1-18-7-5-11-32-19(2)24(30-28(18)32)26(34)23-25(20-8-9-21(37-3)22(17-20)38-4)33(29(36)27(23)35)12-6-10-31-13-15-39-16-14-31/h5,7-9,11,17,25,34H,6,10,12-16H2,1-4H3. The molecular formula is C29H34N4O6. The van der Waals surface area contributed by atoms with Crippen molar-refractivity contribution in [2.75, 3.05) is 53.6 Å². The van der Waals surface area contributed by atoms with Gasteiger partial charge in [-0.3, -0.25) is 14.5 Å². The van der Waals surface area contributed by atoms with Gasteiger partial charge < -0.3 is 28.6 Å². The molecule has 2 aromatic heterocycles. The second-order valence-electron chi connectivity index (χ2n) is 9.85. The SMILES string of the molecule is COc1ccc(C2C(=C(O)c3nc4c(C)cccn4c3C)C(=O)C(=O)N2CCCN2CCOCC2)cc1OC. The molecule has 2 fully saturated rings. The van der Waals surface area contributed by atoms with Crippen molar-refractivity contribution in [3.8, 4) is 11.5 Å². The van der Waals surface area contributed by atoms with Gasteiger partial charge in [-0.1, -0.05) is 12.1 Å². The summed E-state index contributed by atoms with van der Waals surface area (Å²) in [4.78, 5) is 35.4. The first-order chi connectivity index (χ1) is 18.8. The number of ether oxygens (including phenoxy) is 3. The topological polar surface area (TPSA) is 106 Å². The highest BCUT2D eigenvalue weighted by molar-refractivity contribution is 6.46. The van der Waals surface area contributed by atoms with Gasteiger partial charge in [0, 0.05) is 32.4 Å². The summed E-state index contributed by atoms with van der Waals surface area (Å²) in [5.41, 5.74) is 3.22. The number of methoxy groups -OCH3 is 2. The van der Waals surface area contributed by atoms with Gasteiger partial charge in [-0.2, -0.15) is 0 Å². The molecule has 2 aliphatic rings. The smallest absolute Gasteiger partial charge is 0.295 e. The van der Waals surface area contributed by atoms with E-state index in [1.54, 1.807) is 30.2 Å². The normalized spacial score (nSPS) is 19.7. The van der Waals surface area contributed by atoms with E-state index in [0.29, 0.717) is 54.6 Å². The highest BCUT2D eigenvalue weighted by Crippen LogP contribution is 2.42. The fourth-order valence-corrected chi connectivity index (χ4v) is 5.44. The second-order valence-corrected chi connectivity index (χ2v) is 9.85. The molecule has 3 aromatic rings. The number of ketones is 1. The molecule has 4 heterocycles. The molecule has 1 unspecified atom stereocenters. The average Bonchev–Trinajstić information content (AvgIpc) is 3.43. The Morgan fingerprint density at radius 3 is 2.51 bits per heavy atom. The number of Topliss-reactive ketones (excluding diaryl/α,β-unsaturated/α-hetero) is 1. The number of nitrogens with zero attached hydrogens (tertiary/aromatic N) is 4. The summed E-state index contributed by atoms with van der Waals surface area (Å²) in [6.45, 7) is 7.94. The van der Waals surface area contributed by atoms with Crippen LogP contribution in [0.25, 0.3) is 11.4 Å². The maximum atomic E-state index is 13.5. The van der Waals surface area contributed by atoms with Crippen LogP contribution in [0.1, 0.15) is 35.0 Å². The van der Waals surface area contributed by atoms with Crippen LogP contribution in [-0.2, 0) is 14.3 Å². The number of rotatable bonds is 8. The van der Waals surface area contributed by atoms with E-state index in [4.69, 9.17) is 14.2 Å². The first-order valence-corrected chi connectivity index (χ1v) is 13.1. The van der Waals surface area contributed by atoms with Crippen molar-refractivity contribution in [2.45, 2.75) is 26.3 Å². The quantitative estimate of drug-likeness (QED) is 0.267. The molecule has 2 aliphatic heterocycles. The lowest BCUT2D eigenvalue weighted by atomic mass is 9.96. The van der Waals surface area contributed by atoms with Crippen LogP contribution in [-0.4, -0.2) is 89.6 Å². The monoisotopic (exact) mass is 534 g/mol. The fraction of sp³-hybridized carbons (Fsp3) is 0.414. The van der Waals surface area contributed by atoms with E-state index in [1.807, 2.05) is 36.6 Å². The van der Waals surface area contributed by atoms with Gasteiger partial charge in [0.1, 0.15) is 11.3 Å². The number of carbonyl (C=O) groups is 2. The number of carbonyl (C=O) groups excluding carboxylic acids is 2. The number of hydrogen-bond acceptors (Lipinski definition) is 8. The Morgan fingerprint density at radius 1 is 1.08 bits per heavy atom. The number of hydrogen-bond donors (Lipinski definition) is 1. The summed E-state index contributed by atoms with van der Waals surface area (Å²) < 4.78 is 18.2. The predicted molar refractivity (Wildman–Crippen MR) is 145 cm³/mol.